The lowest BCUT2D eigenvalue weighted by molar-refractivity contribution is -0.121. The Labute approximate surface area is 60.4 Å². The number of aliphatic hydroxyl groups excluding tert-OH is 1. The molecule has 1 unspecified atom stereocenters. The highest BCUT2D eigenvalue weighted by Gasteiger charge is 1.99. The maximum atomic E-state index is 10.6. The molecule has 4 N–H and O–H groups in total. The van der Waals surface area contributed by atoms with Crippen LogP contribution in [0.5, 0.6) is 0 Å². The van der Waals surface area contributed by atoms with E-state index in [9.17, 15) is 4.79 Å². The van der Waals surface area contributed by atoms with Crippen LogP contribution in [0.25, 0.3) is 0 Å². The summed E-state index contributed by atoms with van der Waals surface area (Å²) in [4.78, 5) is 10.6. The van der Waals surface area contributed by atoms with Crippen LogP contribution >= 0.6 is 0 Å². The Balaban J connectivity index is 3.22. The molecule has 0 radical (unpaired) electrons. The van der Waals surface area contributed by atoms with Gasteiger partial charge in [-0.2, -0.15) is 0 Å². The maximum absolute atomic E-state index is 10.6. The summed E-state index contributed by atoms with van der Waals surface area (Å²) in [5, 5.41) is 11.2. The van der Waals surface area contributed by atoms with E-state index in [4.69, 9.17) is 10.8 Å². The zero-order chi connectivity index (χ0) is 7.98. The van der Waals surface area contributed by atoms with Crippen LogP contribution in [0.1, 0.15) is 13.3 Å². The molecule has 0 bridgehead atoms. The van der Waals surface area contributed by atoms with Gasteiger partial charge in [0.25, 0.3) is 0 Å². The molecule has 0 saturated heterocycles. The summed E-state index contributed by atoms with van der Waals surface area (Å²) < 4.78 is 0. The minimum atomic E-state index is -0.485. The van der Waals surface area contributed by atoms with Crippen molar-refractivity contribution in [3.8, 4) is 0 Å². The fourth-order valence-electron chi connectivity index (χ4n) is 0.481. The third-order valence-corrected chi connectivity index (χ3v) is 0.966. The molecule has 0 rings (SSSR count). The van der Waals surface area contributed by atoms with Crippen molar-refractivity contribution in [3.63, 3.8) is 0 Å². The summed E-state index contributed by atoms with van der Waals surface area (Å²) in [6.07, 6.45) is -0.158. The van der Waals surface area contributed by atoms with Crippen molar-refractivity contribution in [2.24, 2.45) is 5.73 Å². The first-order chi connectivity index (χ1) is 4.66. The molecule has 0 aliphatic rings. The highest BCUT2D eigenvalue weighted by molar-refractivity contribution is 5.75. The van der Waals surface area contributed by atoms with Crippen molar-refractivity contribution < 1.29 is 9.90 Å². The number of nitrogens with two attached hydrogens (primary N) is 1. The average molecular weight is 146 g/mol. The SMILES string of the molecule is CC(O)CNC(=O)CCN. The van der Waals surface area contributed by atoms with E-state index in [1.807, 2.05) is 0 Å². The van der Waals surface area contributed by atoms with E-state index in [2.05, 4.69) is 5.32 Å². The van der Waals surface area contributed by atoms with E-state index >= 15 is 0 Å². The summed E-state index contributed by atoms with van der Waals surface area (Å²) in [6, 6.07) is 0. The normalized spacial score (nSPS) is 12.7. The summed E-state index contributed by atoms with van der Waals surface area (Å²) in [6.45, 7) is 2.27. The summed E-state index contributed by atoms with van der Waals surface area (Å²) in [5.41, 5.74) is 5.11. The Bertz CT molecular complexity index is 104. The summed E-state index contributed by atoms with van der Waals surface area (Å²) in [5.74, 6) is -0.108. The minimum Gasteiger partial charge on any atom is -0.392 e. The molecule has 4 heteroatoms. The molecule has 60 valence electrons. The fraction of sp³-hybridized carbons (Fsp3) is 0.833. The first-order valence-electron chi connectivity index (χ1n) is 3.31. The van der Waals surface area contributed by atoms with Crippen molar-refractivity contribution in [3.05, 3.63) is 0 Å². The minimum absolute atomic E-state index is 0.108. The van der Waals surface area contributed by atoms with Crippen LogP contribution in [0.15, 0.2) is 0 Å². The van der Waals surface area contributed by atoms with Crippen molar-refractivity contribution in [1.82, 2.24) is 5.32 Å². The van der Waals surface area contributed by atoms with Gasteiger partial charge in [0.2, 0.25) is 5.91 Å². The second-order valence-corrected chi connectivity index (χ2v) is 2.19. The van der Waals surface area contributed by atoms with Gasteiger partial charge in [0.05, 0.1) is 6.10 Å². The lowest BCUT2D eigenvalue weighted by atomic mass is 10.3. The van der Waals surface area contributed by atoms with Crippen molar-refractivity contribution in [1.29, 1.82) is 0 Å². The van der Waals surface area contributed by atoms with Crippen molar-refractivity contribution in [2.45, 2.75) is 19.4 Å². The van der Waals surface area contributed by atoms with Gasteiger partial charge in [0.15, 0.2) is 0 Å². The zero-order valence-corrected chi connectivity index (χ0v) is 6.13. The molecule has 0 spiro atoms. The molecule has 0 aliphatic carbocycles. The second-order valence-electron chi connectivity index (χ2n) is 2.19. The van der Waals surface area contributed by atoms with Crippen LogP contribution < -0.4 is 11.1 Å². The standard InChI is InChI=1S/C6H14N2O2/c1-5(9)4-8-6(10)2-3-7/h5,9H,2-4,7H2,1H3,(H,8,10). The lowest BCUT2D eigenvalue weighted by Gasteiger charge is -2.05. The molecule has 0 aromatic rings. The van der Waals surface area contributed by atoms with E-state index in [-0.39, 0.29) is 5.91 Å². The zero-order valence-electron chi connectivity index (χ0n) is 6.13. The van der Waals surface area contributed by atoms with Gasteiger partial charge in [0, 0.05) is 19.5 Å². The number of carbonyl (C=O) groups is 1. The third kappa shape index (κ3) is 5.53. The molecule has 10 heavy (non-hydrogen) atoms. The quantitative estimate of drug-likeness (QED) is 0.468. The van der Waals surface area contributed by atoms with Crippen molar-refractivity contribution >= 4 is 5.91 Å². The molecular weight excluding hydrogens is 132 g/mol. The predicted molar refractivity (Wildman–Crippen MR) is 38.4 cm³/mol. The molecule has 0 heterocycles. The first kappa shape index (κ1) is 9.39. The molecule has 0 aliphatic heterocycles. The van der Waals surface area contributed by atoms with Gasteiger partial charge in [-0.15, -0.1) is 0 Å². The molecule has 0 saturated carbocycles. The third-order valence-electron chi connectivity index (χ3n) is 0.966. The molecule has 1 atom stereocenters. The summed E-state index contributed by atoms with van der Waals surface area (Å²) >= 11 is 0. The number of carbonyl (C=O) groups excluding carboxylic acids is 1. The highest BCUT2D eigenvalue weighted by atomic mass is 16.3. The number of nitrogens with one attached hydrogen (secondary N) is 1. The van der Waals surface area contributed by atoms with Gasteiger partial charge in [-0.3, -0.25) is 4.79 Å². The molecular formula is C6H14N2O2. The number of rotatable bonds is 4. The predicted octanol–water partition coefficient (Wildman–Crippen LogP) is -1.17. The maximum Gasteiger partial charge on any atom is 0.221 e. The van der Waals surface area contributed by atoms with E-state index in [1.54, 1.807) is 6.92 Å². The molecule has 0 aromatic carbocycles. The number of amides is 1. The highest BCUT2D eigenvalue weighted by Crippen LogP contribution is 1.77. The van der Waals surface area contributed by atoms with Gasteiger partial charge < -0.3 is 16.2 Å². The van der Waals surface area contributed by atoms with Gasteiger partial charge >= 0.3 is 0 Å². The van der Waals surface area contributed by atoms with Gasteiger partial charge in [-0.1, -0.05) is 0 Å². The smallest absolute Gasteiger partial charge is 0.221 e. The Morgan fingerprint density at radius 1 is 1.80 bits per heavy atom. The second kappa shape index (κ2) is 5.20. The largest absolute Gasteiger partial charge is 0.392 e. The van der Waals surface area contributed by atoms with Crippen LogP contribution in [0, 0.1) is 0 Å². The number of hydrogen-bond acceptors (Lipinski definition) is 3. The van der Waals surface area contributed by atoms with E-state index in [1.165, 1.54) is 0 Å². The number of aliphatic hydroxyl groups is 1. The summed E-state index contributed by atoms with van der Waals surface area (Å²) in [7, 11) is 0. The Kier molecular flexibility index (Phi) is 4.88. The van der Waals surface area contributed by atoms with Crippen LogP contribution in [-0.2, 0) is 4.79 Å². The monoisotopic (exact) mass is 146 g/mol. The Morgan fingerprint density at radius 3 is 2.80 bits per heavy atom. The van der Waals surface area contributed by atoms with Crippen LogP contribution in [-0.4, -0.2) is 30.2 Å². The lowest BCUT2D eigenvalue weighted by Crippen LogP contribution is -2.31. The van der Waals surface area contributed by atoms with Gasteiger partial charge in [-0.05, 0) is 6.92 Å². The topological polar surface area (TPSA) is 75.3 Å². The van der Waals surface area contributed by atoms with Crippen LogP contribution in [0.2, 0.25) is 0 Å². The van der Waals surface area contributed by atoms with Gasteiger partial charge in [0.1, 0.15) is 0 Å². The Hall–Kier alpha value is -0.610. The van der Waals surface area contributed by atoms with Crippen LogP contribution in [0.4, 0.5) is 0 Å². The van der Waals surface area contributed by atoms with Crippen molar-refractivity contribution in [2.75, 3.05) is 13.1 Å². The molecule has 0 fully saturated rings. The molecule has 0 aromatic heterocycles. The van der Waals surface area contributed by atoms with Gasteiger partial charge in [-0.25, -0.2) is 0 Å². The molecule has 4 nitrogen and oxygen atoms in total. The van der Waals surface area contributed by atoms with E-state index in [0.717, 1.165) is 0 Å². The van der Waals surface area contributed by atoms with E-state index in [0.29, 0.717) is 19.5 Å². The van der Waals surface area contributed by atoms with E-state index < -0.39 is 6.10 Å². The molecule has 1 amide bonds. The fourth-order valence-corrected chi connectivity index (χ4v) is 0.481. The average Bonchev–Trinajstić information content (AvgIpc) is 1.85. The first-order valence-corrected chi connectivity index (χ1v) is 3.31. The number of hydrogen-bond donors (Lipinski definition) is 3. The Morgan fingerprint density at radius 2 is 2.40 bits per heavy atom. The van der Waals surface area contributed by atoms with Crippen LogP contribution in [0.3, 0.4) is 0 Å².